The molecule has 4 heteroatoms. The van der Waals surface area contributed by atoms with E-state index in [-0.39, 0.29) is 10.7 Å². The second-order valence-corrected chi connectivity index (χ2v) is 14.0. The SMILES string of the molecule is CC.CC(=O)NNCSC(C)(C)CC1CCC2C3CCC4CCCCC4(C)C3CCC12C. The maximum absolute atomic E-state index is 11.1. The highest BCUT2D eigenvalue weighted by molar-refractivity contribution is 8.00. The second kappa shape index (κ2) is 10.6. The minimum Gasteiger partial charge on any atom is -0.291 e. The maximum Gasteiger partial charge on any atom is 0.230 e. The van der Waals surface area contributed by atoms with Crippen molar-refractivity contribution in [3.63, 3.8) is 0 Å². The van der Waals surface area contributed by atoms with Gasteiger partial charge in [0.05, 0.1) is 5.88 Å². The number of carbonyl (C=O) groups is 1. The Kier molecular flexibility index (Phi) is 8.73. The first-order chi connectivity index (χ1) is 15.2. The molecule has 0 saturated heterocycles. The van der Waals surface area contributed by atoms with Crippen LogP contribution in [0.4, 0.5) is 0 Å². The van der Waals surface area contributed by atoms with Crippen LogP contribution in [0.25, 0.3) is 0 Å². The number of amides is 1. The number of hydrogen-bond acceptors (Lipinski definition) is 3. The van der Waals surface area contributed by atoms with Crippen molar-refractivity contribution in [2.24, 2.45) is 40.4 Å². The van der Waals surface area contributed by atoms with Crippen molar-refractivity contribution in [3.8, 4) is 0 Å². The minimum absolute atomic E-state index is 0.0160. The largest absolute Gasteiger partial charge is 0.291 e. The molecule has 186 valence electrons. The van der Waals surface area contributed by atoms with Crippen molar-refractivity contribution in [2.45, 2.75) is 124 Å². The van der Waals surface area contributed by atoms with Crippen molar-refractivity contribution in [1.82, 2.24) is 10.9 Å². The van der Waals surface area contributed by atoms with Gasteiger partial charge in [0.15, 0.2) is 0 Å². The Hall–Kier alpha value is -0.220. The van der Waals surface area contributed by atoms with Crippen molar-refractivity contribution in [2.75, 3.05) is 5.88 Å². The Morgan fingerprint density at radius 2 is 1.66 bits per heavy atom. The third-order valence-electron chi connectivity index (χ3n) is 10.3. The van der Waals surface area contributed by atoms with Crippen LogP contribution in [-0.4, -0.2) is 16.5 Å². The lowest BCUT2D eigenvalue weighted by Crippen LogP contribution is -2.52. The van der Waals surface area contributed by atoms with Crippen molar-refractivity contribution >= 4 is 17.7 Å². The zero-order valence-corrected chi connectivity index (χ0v) is 23.0. The summed E-state index contributed by atoms with van der Waals surface area (Å²) in [6.45, 7) is 15.7. The van der Waals surface area contributed by atoms with Crippen LogP contribution in [0.1, 0.15) is 119 Å². The number of hydrogen-bond donors (Lipinski definition) is 2. The summed E-state index contributed by atoms with van der Waals surface area (Å²) < 4.78 is 0.248. The first-order valence-electron chi connectivity index (χ1n) is 13.8. The van der Waals surface area contributed by atoms with Gasteiger partial charge in [0, 0.05) is 11.7 Å². The van der Waals surface area contributed by atoms with Gasteiger partial charge in [-0.15, -0.1) is 11.8 Å². The number of fused-ring (bicyclic) bond motifs is 5. The predicted molar refractivity (Wildman–Crippen MR) is 139 cm³/mol. The van der Waals surface area contributed by atoms with E-state index in [0.29, 0.717) is 10.8 Å². The number of hydrazine groups is 1. The average molecular weight is 465 g/mol. The van der Waals surface area contributed by atoms with E-state index in [0.717, 1.165) is 35.5 Å². The third kappa shape index (κ3) is 5.21. The zero-order valence-electron chi connectivity index (χ0n) is 22.2. The van der Waals surface area contributed by atoms with Crippen LogP contribution >= 0.6 is 11.8 Å². The molecule has 0 aliphatic heterocycles. The topological polar surface area (TPSA) is 41.1 Å². The predicted octanol–water partition coefficient (Wildman–Crippen LogP) is 7.56. The molecule has 0 heterocycles. The van der Waals surface area contributed by atoms with Gasteiger partial charge in [0.2, 0.25) is 5.91 Å². The molecule has 0 aromatic carbocycles. The zero-order chi connectivity index (χ0) is 23.6. The molecule has 7 atom stereocenters. The molecule has 4 rings (SSSR count). The maximum atomic E-state index is 11.1. The molecule has 1 amide bonds. The molecule has 4 saturated carbocycles. The molecule has 32 heavy (non-hydrogen) atoms. The van der Waals surface area contributed by atoms with E-state index in [1.807, 2.05) is 25.6 Å². The van der Waals surface area contributed by atoms with Gasteiger partial charge >= 0.3 is 0 Å². The quantitative estimate of drug-likeness (QED) is 0.242. The summed E-state index contributed by atoms with van der Waals surface area (Å²) in [5.41, 5.74) is 6.99. The lowest BCUT2D eigenvalue weighted by molar-refractivity contribution is -0.119. The summed E-state index contributed by atoms with van der Waals surface area (Å²) in [6, 6.07) is 0. The Morgan fingerprint density at radius 3 is 2.38 bits per heavy atom. The van der Waals surface area contributed by atoms with Gasteiger partial charge in [0.1, 0.15) is 0 Å². The van der Waals surface area contributed by atoms with Crippen molar-refractivity contribution < 1.29 is 4.79 Å². The number of rotatable bonds is 6. The van der Waals surface area contributed by atoms with Gasteiger partial charge in [-0.25, -0.2) is 5.43 Å². The van der Waals surface area contributed by atoms with Crippen LogP contribution in [0.3, 0.4) is 0 Å². The van der Waals surface area contributed by atoms with Crippen molar-refractivity contribution in [1.29, 1.82) is 0 Å². The van der Waals surface area contributed by atoms with E-state index in [2.05, 4.69) is 38.5 Å². The van der Waals surface area contributed by atoms with Gasteiger partial charge in [0.25, 0.3) is 0 Å². The Balaban J connectivity index is 0.00000141. The molecule has 7 unspecified atom stereocenters. The number of thioether (sulfide) groups is 1. The molecule has 4 aliphatic rings. The molecule has 0 spiro atoms. The summed E-state index contributed by atoms with van der Waals surface area (Å²) in [5.74, 6) is 5.65. The van der Waals surface area contributed by atoms with Gasteiger partial charge < -0.3 is 0 Å². The van der Waals surface area contributed by atoms with Gasteiger partial charge in [-0.3, -0.25) is 10.2 Å². The number of carbonyl (C=O) groups excluding carboxylic acids is 1. The molecule has 0 aromatic heterocycles. The fourth-order valence-corrected chi connectivity index (χ4v) is 9.64. The summed E-state index contributed by atoms with van der Waals surface area (Å²) in [4.78, 5) is 11.1. The Bertz CT molecular complexity index is 637. The molecule has 4 aliphatic carbocycles. The van der Waals surface area contributed by atoms with Gasteiger partial charge in [-0.2, -0.15) is 0 Å². The summed E-state index contributed by atoms with van der Waals surface area (Å²) >= 11 is 1.96. The monoisotopic (exact) mass is 464 g/mol. The summed E-state index contributed by atoms with van der Waals surface area (Å²) in [7, 11) is 0. The molecule has 3 nitrogen and oxygen atoms in total. The van der Waals surface area contributed by atoms with E-state index in [9.17, 15) is 4.79 Å². The molecule has 0 radical (unpaired) electrons. The summed E-state index contributed by atoms with van der Waals surface area (Å²) in [5, 5.41) is 0. The Labute approximate surface area is 203 Å². The smallest absolute Gasteiger partial charge is 0.230 e. The second-order valence-electron chi connectivity index (χ2n) is 12.3. The minimum atomic E-state index is -0.0160. The molecule has 0 aromatic rings. The van der Waals surface area contributed by atoms with Crippen molar-refractivity contribution in [3.05, 3.63) is 0 Å². The highest BCUT2D eigenvalue weighted by Gasteiger charge is 2.59. The fraction of sp³-hybridized carbons (Fsp3) is 0.964. The third-order valence-corrected chi connectivity index (χ3v) is 11.6. The molecule has 4 fully saturated rings. The van der Waals surface area contributed by atoms with Crippen LogP contribution in [0.15, 0.2) is 0 Å². The van der Waals surface area contributed by atoms with Crippen LogP contribution in [0, 0.1) is 40.4 Å². The standard InChI is InChI=1S/C26H46N2OS.C2H6/c1-18(29)28-27-17-30-24(2,3)16-20-10-12-22-21-11-9-19-8-6-7-14-25(19,4)23(21)13-15-26(20,22)5;1-2/h19-23,27H,6-17H2,1-5H3,(H,28,29);1-2H3. The summed E-state index contributed by atoms with van der Waals surface area (Å²) in [6.07, 6.45) is 16.2. The lowest BCUT2D eigenvalue weighted by atomic mass is 9.45. The molecule has 0 bridgehead atoms. The normalized spacial score (nSPS) is 40.9. The first kappa shape index (κ1) is 26.4. The van der Waals surface area contributed by atoms with E-state index in [1.54, 1.807) is 6.92 Å². The molecule has 2 N–H and O–H groups in total. The lowest BCUT2D eigenvalue weighted by Gasteiger charge is -2.60. The average Bonchev–Trinajstić information content (AvgIpc) is 3.08. The highest BCUT2D eigenvalue weighted by atomic mass is 32.2. The molecular weight excluding hydrogens is 412 g/mol. The van der Waals surface area contributed by atoms with E-state index in [1.165, 1.54) is 70.6 Å². The first-order valence-corrected chi connectivity index (χ1v) is 14.8. The molecular formula is C28H52N2OS. The fourth-order valence-electron chi connectivity index (χ4n) is 8.78. The van der Waals surface area contributed by atoms with Crippen LogP contribution in [0.5, 0.6) is 0 Å². The van der Waals surface area contributed by atoms with Crippen LogP contribution < -0.4 is 10.9 Å². The van der Waals surface area contributed by atoms with E-state index >= 15 is 0 Å². The number of nitrogens with one attached hydrogen (secondary N) is 2. The Morgan fingerprint density at radius 1 is 0.938 bits per heavy atom. The van der Waals surface area contributed by atoms with E-state index < -0.39 is 0 Å². The van der Waals surface area contributed by atoms with Gasteiger partial charge in [-0.1, -0.05) is 54.4 Å². The van der Waals surface area contributed by atoms with Gasteiger partial charge in [-0.05, 0) is 98.2 Å². The highest BCUT2D eigenvalue weighted by Crippen LogP contribution is 2.68. The van der Waals surface area contributed by atoms with Crippen LogP contribution in [0.2, 0.25) is 0 Å². The van der Waals surface area contributed by atoms with E-state index in [4.69, 9.17) is 0 Å². The van der Waals surface area contributed by atoms with Crippen LogP contribution in [-0.2, 0) is 4.79 Å².